The van der Waals surface area contributed by atoms with Gasteiger partial charge >= 0.3 is 0 Å². The predicted molar refractivity (Wildman–Crippen MR) is 105 cm³/mol. The van der Waals surface area contributed by atoms with Gasteiger partial charge in [-0.15, -0.1) is 0 Å². The van der Waals surface area contributed by atoms with E-state index in [1.807, 2.05) is 31.3 Å². The first-order valence-electron chi connectivity index (χ1n) is 10.5. The van der Waals surface area contributed by atoms with Crippen molar-refractivity contribution in [2.75, 3.05) is 26.7 Å². The molecule has 6 heteroatoms. The van der Waals surface area contributed by atoms with Crippen LogP contribution < -0.4 is 9.47 Å². The standard InChI is InChI=1S/C22H30N2O4/c1-23(21-16-27-17-8-2-3-9-18(17)28-21)12-6-7-13-24-19(25)14-22(15-20(24)26)10-4-5-11-22/h2-3,8-9,21H,4-7,10-16H2,1H3/t21-/m1/s1. The maximum atomic E-state index is 12.5. The Bertz CT molecular complexity index is 709. The van der Waals surface area contributed by atoms with E-state index in [0.717, 1.165) is 56.6 Å². The largest absolute Gasteiger partial charge is 0.484 e. The van der Waals surface area contributed by atoms with Gasteiger partial charge in [0.05, 0.1) is 0 Å². The molecule has 6 nitrogen and oxygen atoms in total. The highest BCUT2D eigenvalue weighted by Gasteiger charge is 2.44. The van der Waals surface area contributed by atoms with Gasteiger partial charge in [-0.1, -0.05) is 25.0 Å². The van der Waals surface area contributed by atoms with Gasteiger partial charge in [-0.25, -0.2) is 0 Å². The van der Waals surface area contributed by atoms with E-state index in [-0.39, 0.29) is 23.5 Å². The maximum Gasteiger partial charge on any atom is 0.229 e. The number of hydrogen-bond acceptors (Lipinski definition) is 5. The molecule has 152 valence electrons. The molecule has 0 unspecified atom stereocenters. The lowest BCUT2D eigenvalue weighted by molar-refractivity contribution is -0.153. The van der Waals surface area contributed by atoms with E-state index in [4.69, 9.17) is 9.47 Å². The van der Waals surface area contributed by atoms with Gasteiger partial charge in [0.15, 0.2) is 17.7 Å². The van der Waals surface area contributed by atoms with E-state index >= 15 is 0 Å². The van der Waals surface area contributed by atoms with Crippen LogP contribution in [0.5, 0.6) is 11.5 Å². The summed E-state index contributed by atoms with van der Waals surface area (Å²) in [6, 6.07) is 7.70. The third kappa shape index (κ3) is 4.02. The van der Waals surface area contributed by atoms with Crippen molar-refractivity contribution in [3.05, 3.63) is 24.3 Å². The van der Waals surface area contributed by atoms with Crippen molar-refractivity contribution in [2.45, 2.75) is 57.6 Å². The molecule has 2 amide bonds. The summed E-state index contributed by atoms with van der Waals surface area (Å²) in [5.74, 6) is 1.63. The van der Waals surface area contributed by atoms with Crippen molar-refractivity contribution in [1.29, 1.82) is 0 Å². The summed E-state index contributed by atoms with van der Waals surface area (Å²) in [5.41, 5.74) is -0.0144. The Kier molecular flexibility index (Phi) is 5.58. The van der Waals surface area contributed by atoms with Gasteiger partial charge in [-0.3, -0.25) is 19.4 Å². The Morgan fingerprint density at radius 2 is 1.75 bits per heavy atom. The summed E-state index contributed by atoms with van der Waals surface area (Å²) < 4.78 is 11.8. The highest BCUT2D eigenvalue weighted by Crippen LogP contribution is 2.46. The number of amides is 2. The van der Waals surface area contributed by atoms with Crippen molar-refractivity contribution in [1.82, 2.24) is 9.80 Å². The van der Waals surface area contributed by atoms with Gasteiger partial charge in [0.2, 0.25) is 11.8 Å². The first-order valence-corrected chi connectivity index (χ1v) is 10.5. The van der Waals surface area contributed by atoms with E-state index in [0.29, 0.717) is 26.0 Å². The molecule has 1 aromatic rings. The molecule has 1 atom stereocenters. The molecule has 0 N–H and O–H groups in total. The Morgan fingerprint density at radius 3 is 2.46 bits per heavy atom. The lowest BCUT2D eigenvalue weighted by atomic mass is 9.76. The molecule has 2 fully saturated rings. The fraction of sp³-hybridized carbons (Fsp3) is 0.636. The number of unbranched alkanes of at least 4 members (excludes halogenated alkanes) is 1. The second kappa shape index (κ2) is 8.11. The van der Waals surface area contributed by atoms with E-state index in [1.54, 1.807) is 0 Å². The molecule has 28 heavy (non-hydrogen) atoms. The average molecular weight is 386 g/mol. The number of hydrogen-bond donors (Lipinski definition) is 0. The first-order chi connectivity index (χ1) is 13.6. The van der Waals surface area contributed by atoms with Crippen LogP contribution in [0.1, 0.15) is 51.4 Å². The van der Waals surface area contributed by atoms with Gasteiger partial charge in [0.25, 0.3) is 0 Å². The van der Waals surface area contributed by atoms with E-state index in [1.165, 1.54) is 4.90 Å². The lowest BCUT2D eigenvalue weighted by Crippen LogP contribution is -2.47. The van der Waals surface area contributed by atoms with Crippen molar-refractivity contribution < 1.29 is 19.1 Å². The quantitative estimate of drug-likeness (QED) is 0.555. The van der Waals surface area contributed by atoms with Crippen molar-refractivity contribution >= 4 is 11.8 Å². The number of benzene rings is 1. The Labute approximate surface area is 166 Å². The number of rotatable bonds is 6. The van der Waals surface area contributed by atoms with Crippen molar-refractivity contribution in [3.63, 3.8) is 0 Å². The van der Waals surface area contributed by atoms with Gasteiger partial charge in [-0.2, -0.15) is 0 Å². The number of likely N-dealkylation sites (N-methyl/N-ethyl adjacent to an activating group) is 1. The minimum Gasteiger partial charge on any atom is -0.484 e. The molecule has 1 saturated carbocycles. The Hall–Kier alpha value is -2.08. The number of carbonyl (C=O) groups excluding carboxylic acids is 2. The van der Waals surface area contributed by atoms with Crippen molar-refractivity contribution in [3.8, 4) is 11.5 Å². The SMILES string of the molecule is CN(CCCCN1C(=O)CC2(CCCC2)CC1=O)[C@H]1COc2ccccc2O1. The second-order valence-corrected chi connectivity index (χ2v) is 8.52. The zero-order chi connectivity index (χ0) is 19.6. The molecule has 3 aliphatic rings. The number of piperidine rings is 1. The number of likely N-dealkylation sites (tertiary alicyclic amines) is 1. The van der Waals surface area contributed by atoms with Gasteiger partial charge in [0.1, 0.15) is 6.61 Å². The lowest BCUT2D eigenvalue weighted by Gasteiger charge is -2.37. The highest BCUT2D eigenvalue weighted by atomic mass is 16.6. The van der Waals surface area contributed by atoms with Gasteiger partial charge in [-0.05, 0) is 50.3 Å². The number of para-hydroxylation sites is 2. The number of ether oxygens (including phenoxy) is 2. The van der Waals surface area contributed by atoms with Crippen LogP contribution in [-0.4, -0.2) is 54.6 Å². The molecule has 1 spiro atoms. The molecule has 0 bridgehead atoms. The number of carbonyl (C=O) groups is 2. The predicted octanol–water partition coefficient (Wildman–Crippen LogP) is 3.21. The zero-order valence-electron chi connectivity index (χ0n) is 16.7. The van der Waals surface area contributed by atoms with Crippen LogP contribution in [-0.2, 0) is 9.59 Å². The monoisotopic (exact) mass is 386 g/mol. The van der Waals surface area contributed by atoms with E-state index in [2.05, 4.69) is 4.90 Å². The molecule has 1 aliphatic carbocycles. The normalized spacial score (nSPS) is 23.6. The van der Waals surface area contributed by atoms with Crippen molar-refractivity contribution in [2.24, 2.45) is 5.41 Å². The minimum absolute atomic E-state index is 0.0144. The van der Waals surface area contributed by atoms with E-state index in [9.17, 15) is 9.59 Å². The summed E-state index contributed by atoms with van der Waals surface area (Å²) in [6.45, 7) is 1.86. The summed E-state index contributed by atoms with van der Waals surface area (Å²) in [7, 11) is 2.02. The van der Waals surface area contributed by atoms with Crippen LogP contribution in [0, 0.1) is 5.41 Å². The summed E-state index contributed by atoms with van der Waals surface area (Å²) in [4.78, 5) is 28.7. The smallest absolute Gasteiger partial charge is 0.229 e. The topological polar surface area (TPSA) is 59.1 Å². The molecule has 2 heterocycles. The summed E-state index contributed by atoms with van der Waals surface area (Å²) in [6.07, 6.45) is 7.12. The van der Waals surface area contributed by atoms with Crippen LogP contribution in [0.3, 0.4) is 0 Å². The molecule has 4 rings (SSSR count). The maximum absolute atomic E-state index is 12.5. The molecule has 0 radical (unpaired) electrons. The molecule has 1 aromatic carbocycles. The second-order valence-electron chi connectivity index (χ2n) is 8.52. The third-order valence-electron chi connectivity index (χ3n) is 6.45. The summed E-state index contributed by atoms with van der Waals surface area (Å²) in [5, 5.41) is 0. The fourth-order valence-corrected chi connectivity index (χ4v) is 4.76. The van der Waals surface area contributed by atoms with Crippen LogP contribution in [0.2, 0.25) is 0 Å². The molecule has 1 saturated heterocycles. The van der Waals surface area contributed by atoms with Gasteiger partial charge < -0.3 is 9.47 Å². The first kappa shape index (κ1) is 19.2. The van der Waals surface area contributed by atoms with E-state index < -0.39 is 0 Å². The van der Waals surface area contributed by atoms with Crippen LogP contribution >= 0.6 is 0 Å². The number of fused-ring (bicyclic) bond motifs is 1. The fourth-order valence-electron chi connectivity index (χ4n) is 4.76. The molecule has 0 aromatic heterocycles. The summed E-state index contributed by atoms with van der Waals surface area (Å²) >= 11 is 0. The molecular weight excluding hydrogens is 356 g/mol. The average Bonchev–Trinajstić information content (AvgIpc) is 3.13. The van der Waals surface area contributed by atoms with Crippen LogP contribution in [0.15, 0.2) is 24.3 Å². The third-order valence-corrected chi connectivity index (χ3v) is 6.45. The van der Waals surface area contributed by atoms with Gasteiger partial charge in [0, 0.05) is 25.9 Å². The molecule has 2 aliphatic heterocycles. The highest BCUT2D eigenvalue weighted by molar-refractivity contribution is 5.98. The van der Waals surface area contributed by atoms with Crippen LogP contribution in [0.25, 0.3) is 0 Å². The number of imide groups is 1. The Morgan fingerprint density at radius 1 is 1.07 bits per heavy atom. The zero-order valence-corrected chi connectivity index (χ0v) is 16.7. The molecular formula is C22H30N2O4. The minimum atomic E-state index is -0.115. The Balaban J connectivity index is 1.21. The number of nitrogens with zero attached hydrogens (tertiary/aromatic N) is 2. The van der Waals surface area contributed by atoms with Crippen LogP contribution in [0.4, 0.5) is 0 Å².